The Bertz CT molecular complexity index is 885. The van der Waals surface area contributed by atoms with Gasteiger partial charge in [-0.2, -0.15) is 0 Å². The minimum atomic E-state index is -3.61. The van der Waals surface area contributed by atoms with E-state index in [0.717, 1.165) is 5.56 Å². The van der Waals surface area contributed by atoms with Crippen molar-refractivity contribution >= 4 is 33.2 Å². The van der Waals surface area contributed by atoms with Crippen LogP contribution in [-0.4, -0.2) is 41.2 Å². The van der Waals surface area contributed by atoms with Gasteiger partial charge in [-0.15, -0.1) is 0 Å². The molecular formula is C18H21ClN2O5S. The van der Waals surface area contributed by atoms with Gasteiger partial charge in [0.25, 0.3) is 5.91 Å². The molecule has 7 nitrogen and oxygen atoms in total. The van der Waals surface area contributed by atoms with Crippen molar-refractivity contribution in [2.24, 2.45) is 0 Å². The Morgan fingerprint density at radius 1 is 1.15 bits per heavy atom. The first-order chi connectivity index (χ1) is 12.8. The van der Waals surface area contributed by atoms with Gasteiger partial charge in [-0.1, -0.05) is 17.7 Å². The Morgan fingerprint density at radius 2 is 1.85 bits per heavy atom. The quantitative estimate of drug-likeness (QED) is 0.617. The lowest BCUT2D eigenvalue weighted by atomic mass is 10.2. The van der Waals surface area contributed by atoms with E-state index in [9.17, 15) is 13.2 Å². The van der Waals surface area contributed by atoms with Crippen molar-refractivity contribution in [1.29, 1.82) is 0 Å². The van der Waals surface area contributed by atoms with E-state index in [1.807, 2.05) is 6.92 Å². The van der Waals surface area contributed by atoms with Crippen LogP contribution >= 0.6 is 11.6 Å². The van der Waals surface area contributed by atoms with E-state index in [0.29, 0.717) is 16.5 Å². The number of carbonyl (C=O) groups excluding carboxylic acids is 1. The zero-order valence-corrected chi connectivity index (χ0v) is 16.6. The van der Waals surface area contributed by atoms with Crippen LogP contribution in [0.5, 0.6) is 5.75 Å². The average Bonchev–Trinajstić information content (AvgIpc) is 2.63. The summed E-state index contributed by atoms with van der Waals surface area (Å²) in [6.07, 6.45) is 0. The number of aryl methyl sites for hydroxylation is 1. The van der Waals surface area contributed by atoms with Gasteiger partial charge >= 0.3 is 0 Å². The van der Waals surface area contributed by atoms with Gasteiger partial charge in [0.05, 0.1) is 11.5 Å². The molecule has 0 saturated heterocycles. The normalized spacial score (nSPS) is 11.2. The number of rotatable bonds is 9. The zero-order chi connectivity index (χ0) is 19.9. The number of sulfonamides is 1. The van der Waals surface area contributed by atoms with Gasteiger partial charge in [0.1, 0.15) is 5.75 Å². The van der Waals surface area contributed by atoms with Crippen LogP contribution in [0.25, 0.3) is 0 Å². The first-order valence-electron chi connectivity index (χ1n) is 8.09. The molecule has 146 valence electrons. The van der Waals surface area contributed by atoms with Gasteiger partial charge in [-0.05, 0) is 48.9 Å². The third kappa shape index (κ3) is 6.51. The van der Waals surface area contributed by atoms with E-state index >= 15 is 0 Å². The standard InChI is InChI=1S/C18H21ClN2O5S/c1-13-3-4-14(11-17(13)19)21-18(22)12-26-15-5-7-16(8-6-15)27(23,24)20-9-10-25-2/h3-8,11,20H,9-10,12H2,1-2H3,(H,21,22). The summed E-state index contributed by atoms with van der Waals surface area (Å²) in [5, 5.41) is 3.24. The number of hydrogen-bond acceptors (Lipinski definition) is 5. The summed E-state index contributed by atoms with van der Waals surface area (Å²) in [4.78, 5) is 12.1. The first-order valence-corrected chi connectivity index (χ1v) is 9.95. The highest BCUT2D eigenvalue weighted by molar-refractivity contribution is 7.89. The topological polar surface area (TPSA) is 93.7 Å². The molecule has 0 unspecified atom stereocenters. The predicted molar refractivity (Wildman–Crippen MR) is 104 cm³/mol. The molecule has 2 rings (SSSR count). The second-order valence-corrected chi connectivity index (χ2v) is 7.84. The molecule has 0 bridgehead atoms. The molecule has 1 amide bonds. The monoisotopic (exact) mass is 412 g/mol. The van der Waals surface area contributed by atoms with Crippen LogP contribution < -0.4 is 14.8 Å². The molecule has 0 aliphatic rings. The Hall–Kier alpha value is -2.13. The lowest BCUT2D eigenvalue weighted by molar-refractivity contribution is -0.118. The van der Waals surface area contributed by atoms with Crippen molar-refractivity contribution in [3.63, 3.8) is 0 Å². The number of benzene rings is 2. The van der Waals surface area contributed by atoms with Crippen LogP contribution in [0.2, 0.25) is 5.02 Å². The summed E-state index contributed by atoms with van der Waals surface area (Å²) < 4.78 is 36.7. The molecule has 0 atom stereocenters. The van der Waals surface area contributed by atoms with E-state index in [1.54, 1.807) is 18.2 Å². The molecule has 0 radical (unpaired) electrons. The molecule has 9 heteroatoms. The van der Waals surface area contributed by atoms with Crippen molar-refractivity contribution in [2.75, 3.05) is 32.2 Å². The summed E-state index contributed by atoms with van der Waals surface area (Å²) in [7, 11) is -2.12. The summed E-state index contributed by atoms with van der Waals surface area (Å²) in [5.74, 6) is 0.0239. The average molecular weight is 413 g/mol. The highest BCUT2D eigenvalue weighted by atomic mass is 35.5. The summed E-state index contributed by atoms with van der Waals surface area (Å²) in [6.45, 7) is 2.11. The predicted octanol–water partition coefficient (Wildman–Crippen LogP) is 2.59. The molecule has 0 fully saturated rings. The molecule has 0 aromatic heterocycles. The van der Waals surface area contributed by atoms with Crippen LogP contribution in [-0.2, 0) is 19.6 Å². The number of carbonyl (C=O) groups is 1. The van der Waals surface area contributed by atoms with E-state index in [1.165, 1.54) is 31.4 Å². The van der Waals surface area contributed by atoms with Crippen molar-refractivity contribution in [1.82, 2.24) is 4.72 Å². The van der Waals surface area contributed by atoms with Crippen LogP contribution in [0.15, 0.2) is 47.4 Å². The largest absolute Gasteiger partial charge is 0.484 e. The maximum absolute atomic E-state index is 12.1. The zero-order valence-electron chi connectivity index (χ0n) is 15.0. The molecule has 0 aliphatic heterocycles. The molecule has 27 heavy (non-hydrogen) atoms. The Kier molecular flexibility index (Phi) is 7.61. The van der Waals surface area contributed by atoms with Gasteiger partial charge < -0.3 is 14.8 Å². The number of ether oxygens (including phenoxy) is 2. The van der Waals surface area contributed by atoms with Crippen LogP contribution in [0.4, 0.5) is 5.69 Å². The van der Waals surface area contributed by atoms with Gasteiger partial charge in [-0.3, -0.25) is 4.79 Å². The number of nitrogens with one attached hydrogen (secondary N) is 2. The fourth-order valence-electron chi connectivity index (χ4n) is 2.09. The molecule has 2 aromatic carbocycles. The highest BCUT2D eigenvalue weighted by Gasteiger charge is 2.13. The second-order valence-electron chi connectivity index (χ2n) is 5.66. The second kappa shape index (κ2) is 9.70. The van der Waals surface area contributed by atoms with Crippen molar-refractivity contribution in [3.8, 4) is 5.75 Å². The molecule has 0 saturated carbocycles. The summed E-state index contributed by atoms with van der Waals surface area (Å²) in [5.41, 5.74) is 1.49. The molecular weight excluding hydrogens is 392 g/mol. The Balaban J connectivity index is 1.88. The van der Waals surface area contributed by atoms with Crippen molar-refractivity contribution in [3.05, 3.63) is 53.1 Å². The van der Waals surface area contributed by atoms with E-state index in [4.69, 9.17) is 21.1 Å². The molecule has 2 aromatic rings. The maximum atomic E-state index is 12.1. The first kappa shape index (κ1) is 21.2. The number of amides is 1. The fraction of sp³-hybridized carbons (Fsp3) is 0.278. The number of hydrogen-bond donors (Lipinski definition) is 2. The van der Waals surface area contributed by atoms with Gasteiger partial charge in [0.2, 0.25) is 10.0 Å². The highest BCUT2D eigenvalue weighted by Crippen LogP contribution is 2.20. The Labute approximate surface area is 163 Å². The fourth-order valence-corrected chi connectivity index (χ4v) is 3.29. The molecule has 0 heterocycles. The molecule has 0 spiro atoms. The van der Waals surface area contributed by atoms with Crippen molar-refractivity contribution in [2.45, 2.75) is 11.8 Å². The van der Waals surface area contributed by atoms with Crippen LogP contribution in [0.1, 0.15) is 5.56 Å². The molecule has 0 aliphatic carbocycles. The van der Waals surface area contributed by atoms with E-state index in [2.05, 4.69) is 10.0 Å². The minimum absolute atomic E-state index is 0.102. The maximum Gasteiger partial charge on any atom is 0.262 e. The number of anilines is 1. The van der Waals surface area contributed by atoms with E-state index < -0.39 is 10.0 Å². The van der Waals surface area contributed by atoms with Gasteiger partial charge in [-0.25, -0.2) is 13.1 Å². The third-order valence-electron chi connectivity index (χ3n) is 3.56. The van der Waals surface area contributed by atoms with Gasteiger partial charge in [0, 0.05) is 24.4 Å². The lowest BCUT2D eigenvalue weighted by Gasteiger charge is -2.10. The number of methoxy groups -OCH3 is 1. The third-order valence-corrected chi connectivity index (χ3v) is 5.44. The van der Waals surface area contributed by atoms with Crippen molar-refractivity contribution < 1.29 is 22.7 Å². The lowest BCUT2D eigenvalue weighted by Crippen LogP contribution is -2.27. The summed E-state index contributed by atoms with van der Waals surface area (Å²) in [6, 6.07) is 11.0. The summed E-state index contributed by atoms with van der Waals surface area (Å²) >= 11 is 6.02. The van der Waals surface area contributed by atoms with E-state index in [-0.39, 0.29) is 30.6 Å². The van der Waals surface area contributed by atoms with Crippen LogP contribution in [0.3, 0.4) is 0 Å². The number of halogens is 1. The minimum Gasteiger partial charge on any atom is -0.484 e. The molecule has 2 N–H and O–H groups in total. The van der Waals surface area contributed by atoms with Crippen LogP contribution in [0, 0.1) is 6.92 Å². The Morgan fingerprint density at radius 3 is 2.48 bits per heavy atom. The smallest absolute Gasteiger partial charge is 0.262 e. The van der Waals surface area contributed by atoms with Gasteiger partial charge in [0.15, 0.2) is 6.61 Å². The SMILES string of the molecule is COCCNS(=O)(=O)c1ccc(OCC(=O)Nc2ccc(C)c(Cl)c2)cc1.